The fourth-order valence-electron chi connectivity index (χ4n) is 3.31. The van der Waals surface area contributed by atoms with Gasteiger partial charge in [-0.3, -0.25) is 4.79 Å². The summed E-state index contributed by atoms with van der Waals surface area (Å²) >= 11 is 0. The van der Waals surface area contributed by atoms with Crippen LogP contribution < -0.4 is 0 Å². The molecule has 18 heavy (non-hydrogen) atoms. The van der Waals surface area contributed by atoms with Gasteiger partial charge in [0.1, 0.15) is 0 Å². The van der Waals surface area contributed by atoms with Crippen molar-refractivity contribution in [3.63, 3.8) is 0 Å². The van der Waals surface area contributed by atoms with E-state index in [2.05, 4.69) is 11.9 Å². The lowest BCUT2D eigenvalue weighted by Crippen LogP contribution is -2.32. The number of carboxylic acid groups (broad SMARTS) is 1. The third-order valence-electron chi connectivity index (χ3n) is 4.91. The van der Waals surface area contributed by atoms with E-state index >= 15 is 0 Å². The molecule has 0 spiro atoms. The molecule has 0 amide bonds. The minimum atomic E-state index is -0.591. The summed E-state index contributed by atoms with van der Waals surface area (Å²) in [5, 5.41) is 8.97. The van der Waals surface area contributed by atoms with Gasteiger partial charge in [-0.15, -0.1) is 0 Å². The molecular formula is C15H27NO2. The smallest absolute Gasteiger partial charge is 0.306 e. The van der Waals surface area contributed by atoms with E-state index in [9.17, 15) is 4.79 Å². The van der Waals surface area contributed by atoms with Crippen LogP contribution in [0.4, 0.5) is 0 Å². The summed E-state index contributed by atoms with van der Waals surface area (Å²) in [6.45, 7) is 2.39. The van der Waals surface area contributed by atoms with E-state index in [4.69, 9.17) is 5.11 Å². The number of nitrogens with zero attached hydrogens (tertiary/aromatic N) is 1. The van der Waals surface area contributed by atoms with E-state index in [1.54, 1.807) is 0 Å². The van der Waals surface area contributed by atoms with Crippen molar-refractivity contribution in [2.75, 3.05) is 20.1 Å². The summed E-state index contributed by atoms with van der Waals surface area (Å²) in [4.78, 5) is 13.4. The number of carboxylic acids is 1. The van der Waals surface area contributed by atoms with Crippen molar-refractivity contribution in [3.8, 4) is 0 Å². The summed E-state index contributed by atoms with van der Waals surface area (Å²) in [6.07, 6.45) is 9.66. The van der Waals surface area contributed by atoms with Gasteiger partial charge in [0.25, 0.3) is 0 Å². The Balaban J connectivity index is 1.59. The van der Waals surface area contributed by atoms with Crippen molar-refractivity contribution < 1.29 is 9.90 Å². The summed E-state index contributed by atoms with van der Waals surface area (Å²) in [5.41, 5.74) is 0. The van der Waals surface area contributed by atoms with Gasteiger partial charge in [0.05, 0.1) is 5.92 Å². The SMILES string of the molecule is CN(CCC1CCC1)CC1CCC(C(=O)O)CC1. The first-order valence-electron chi connectivity index (χ1n) is 7.56. The van der Waals surface area contributed by atoms with Crippen molar-refractivity contribution in [2.45, 2.75) is 51.4 Å². The average Bonchev–Trinajstić information content (AvgIpc) is 2.27. The molecule has 0 bridgehead atoms. The summed E-state index contributed by atoms with van der Waals surface area (Å²) in [5.74, 6) is 1.07. The van der Waals surface area contributed by atoms with Crippen molar-refractivity contribution in [1.82, 2.24) is 4.90 Å². The molecule has 0 aromatic rings. The van der Waals surface area contributed by atoms with E-state index in [0.717, 1.165) is 37.5 Å². The van der Waals surface area contributed by atoms with Gasteiger partial charge in [0.15, 0.2) is 0 Å². The Labute approximate surface area is 111 Å². The molecule has 3 nitrogen and oxygen atoms in total. The van der Waals surface area contributed by atoms with E-state index in [1.165, 1.54) is 38.8 Å². The van der Waals surface area contributed by atoms with E-state index in [-0.39, 0.29) is 5.92 Å². The molecule has 3 heteroatoms. The van der Waals surface area contributed by atoms with Gasteiger partial charge in [-0.2, -0.15) is 0 Å². The molecule has 0 heterocycles. The van der Waals surface area contributed by atoms with Crippen molar-refractivity contribution in [2.24, 2.45) is 17.8 Å². The second kappa shape index (κ2) is 6.55. The molecule has 0 aromatic heterocycles. The van der Waals surface area contributed by atoms with Crippen molar-refractivity contribution in [3.05, 3.63) is 0 Å². The highest BCUT2D eigenvalue weighted by molar-refractivity contribution is 5.69. The van der Waals surface area contributed by atoms with Gasteiger partial charge in [-0.1, -0.05) is 19.3 Å². The first-order chi connectivity index (χ1) is 8.65. The zero-order valence-corrected chi connectivity index (χ0v) is 11.6. The molecule has 2 aliphatic carbocycles. The minimum absolute atomic E-state index is 0.0680. The Morgan fingerprint density at radius 1 is 1.11 bits per heavy atom. The molecule has 0 atom stereocenters. The molecule has 0 radical (unpaired) electrons. The number of carbonyl (C=O) groups is 1. The standard InChI is InChI=1S/C15H27NO2/c1-16(10-9-12-3-2-4-12)11-13-5-7-14(8-6-13)15(17)18/h12-14H,2-11H2,1H3,(H,17,18). The van der Waals surface area contributed by atoms with Crippen LogP contribution in [0.2, 0.25) is 0 Å². The van der Waals surface area contributed by atoms with Crippen LogP contribution in [0.5, 0.6) is 0 Å². The van der Waals surface area contributed by atoms with E-state index < -0.39 is 5.97 Å². The number of hydrogen-bond donors (Lipinski definition) is 1. The van der Waals surface area contributed by atoms with Crippen LogP contribution in [0.3, 0.4) is 0 Å². The molecule has 2 saturated carbocycles. The Morgan fingerprint density at radius 3 is 2.28 bits per heavy atom. The zero-order chi connectivity index (χ0) is 13.0. The third-order valence-corrected chi connectivity index (χ3v) is 4.91. The second-order valence-electron chi connectivity index (χ2n) is 6.40. The fraction of sp³-hybridized carbons (Fsp3) is 0.933. The number of aliphatic carboxylic acids is 1. The molecule has 104 valence electrons. The van der Waals surface area contributed by atoms with Crippen LogP contribution in [-0.4, -0.2) is 36.1 Å². The summed E-state index contributed by atoms with van der Waals surface area (Å²) in [6, 6.07) is 0. The molecule has 2 fully saturated rings. The summed E-state index contributed by atoms with van der Waals surface area (Å²) in [7, 11) is 2.22. The number of rotatable bonds is 6. The Morgan fingerprint density at radius 2 is 1.78 bits per heavy atom. The van der Waals surface area contributed by atoms with Gasteiger partial charge in [0, 0.05) is 6.54 Å². The highest BCUT2D eigenvalue weighted by atomic mass is 16.4. The molecule has 0 unspecified atom stereocenters. The predicted molar refractivity (Wildman–Crippen MR) is 72.5 cm³/mol. The molecule has 0 aromatic carbocycles. The van der Waals surface area contributed by atoms with Crippen LogP contribution in [-0.2, 0) is 4.79 Å². The summed E-state index contributed by atoms with van der Waals surface area (Å²) < 4.78 is 0. The maximum atomic E-state index is 10.9. The minimum Gasteiger partial charge on any atom is -0.481 e. The molecule has 1 N–H and O–H groups in total. The maximum absolute atomic E-state index is 10.9. The van der Waals surface area contributed by atoms with Crippen LogP contribution in [0, 0.1) is 17.8 Å². The zero-order valence-electron chi connectivity index (χ0n) is 11.6. The quantitative estimate of drug-likeness (QED) is 0.791. The Kier molecular flexibility index (Phi) is 5.04. The lowest BCUT2D eigenvalue weighted by atomic mass is 9.81. The average molecular weight is 253 g/mol. The fourth-order valence-corrected chi connectivity index (χ4v) is 3.31. The first-order valence-corrected chi connectivity index (χ1v) is 7.56. The Hall–Kier alpha value is -0.570. The normalized spacial score (nSPS) is 29.2. The van der Waals surface area contributed by atoms with Crippen molar-refractivity contribution in [1.29, 1.82) is 0 Å². The van der Waals surface area contributed by atoms with Gasteiger partial charge >= 0.3 is 5.97 Å². The van der Waals surface area contributed by atoms with Gasteiger partial charge < -0.3 is 10.0 Å². The predicted octanol–water partition coefficient (Wildman–Crippen LogP) is 3.00. The third kappa shape index (κ3) is 3.98. The molecule has 0 saturated heterocycles. The lowest BCUT2D eigenvalue weighted by Gasteiger charge is -2.31. The molecule has 0 aliphatic heterocycles. The molecular weight excluding hydrogens is 226 g/mol. The van der Waals surface area contributed by atoms with E-state index in [0.29, 0.717) is 0 Å². The van der Waals surface area contributed by atoms with Crippen LogP contribution in [0.1, 0.15) is 51.4 Å². The monoisotopic (exact) mass is 253 g/mol. The van der Waals surface area contributed by atoms with Crippen molar-refractivity contribution >= 4 is 5.97 Å². The molecule has 2 rings (SSSR count). The number of hydrogen-bond acceptors (Lipinski definition) is 2. The van der Waals surface area contributed by atoms with E-state index in [1.807, 2.05) is 0 Å². The lowest BCUT2D eigenvalue weighted by molar-refractivity contribution is -0.143. The van der Waals surface area contributed by atoms with Crippen LogP contribution >= 0.6 is 0 Å². The first kappa shape index (κ1) is 13.9. The largest absolute Gasteiger partial charge is 0.481 e. The van der Waals surface area contributed by atoms with Gasteiger partial charge in [-0.25, -0.2) is 0 Å². The highest BCUT2D eigenvalue weighted by Crippen LogP contribution is 2.31. The highest BCUT2D eigenvalue weighted by Gasteiger charge is 2.26. The van der Waals surface area contributed by atoms with Crippen LogP contribution in [0.25, 0.3) is 0 Å². The second-order valence-corrected chi connectivity index (χ2v) is 6.40. The molecule has 2 aliphatic rings. The van der Waals surface area contributed by atoms with Gasteiger partial charge in [0.2, 0.25) is 0 Å². The Bertz CT molecular complexity index is 268. The van der Waals surface area contributed by atoms with Gasteiger partial charge in [-0.05, 0) is 57.5 Å². The topological polar surface area (TPSA) is 40.5 Å². The maximum Gasteiger partial charge on any atom is 0.306 e. The van der Waals surface area contributed by atoms with Crippen LogP contribution in [0.15, 0.2) is 0 Å².